The van der Waals surface area contributed by atoms with E-state index in [0.29, 0.717) is 6.42 Å². The first-order valence-electron chi connectivity index (χ1n) is 26.2. The number of nitrogens with two attached hydrogens (primary N) is 2. The zero-order valence-electron chi connectivity index (χ0n) is 47.4. The number of nitrogens with zero attached hydrogens (tertiary/aromatic N) is 8. The zero-order chi connectivity index (χ0) is 71.7. The Balaban J connectivity index is 1.02. The number of fused-ring (bicyclic) bond motifs is 2. The molecule has 6 heterocycles. The number of phenols is 16. The van der Waals surface area contributed by atoms with Gasteiger partial charge in [0.25, 0.3) is 41.2 Å². The van der Waals surface area contributed by atoms with Gasteiger partial charge in [-0.05, 0) is 12.8 Å². The molecule has 4 aliphatic heterocycles. The van der Waals surface area contributed by atoms with Gasteiger partial charge in [-0.25, -0.2) is 19.2 Å². The molecule has 46 nitrogen and oxygen atoms in total. The van der Waals surface area contributed by atoms with Gasteiger partial charge in [0.1, 0.15) is 34.1 Å². The minimum absolute atomic E-state index is 0.00411. The van der Waals surface area contributed by atoms with Gasteiger partial charge in [0, 0.05) is 18.5 Å². The van der Waals surface area contributed by atoms with E-state index in [4.69, 9.17) is 20.9 Å². The lowest BCUT2D eigenvalue weighted by Gasteiger charge is -2.56. The molecule has 2 fully saturated rings. The molecule has 514 valence electrons. The summed E-state index contributed by atoms with van der Waals surface area (Å²) in [6.07, 6.45) is -1.14. The molecule has 2 saturated heterocycles. The van der Waals surface area contributed by atoms with Crippen molar-refractivity contribution in [2.75, 3.05) is 46.6 Å². The van der Waals surface area contributed by atoms with Crippen molar-refractivity contribution >= 4 is 58.2 Å². The monoisotopic (exact) mass is 1360 g/mol. The second-order valence-electron chi connectivity index (χ2n) is 21.3. The van der Waals surface area contributed by atoms with Crippen molar-refractivity contribution in [3.8, 4) is 115 Å². The summed E-state index contributed by atoms with van der Waals surface area (Å²) in [7, 11) is 0.813. The largest absolute Gasteiger partial charge is 0.503 e. The van der Waals surface area contributed by atoms with Gasteiger partial charge in [-0.2, -0.15) is 10.2 Å². The number of primary amides is 2. The Bertz CT molecular complexity index is 4380. The number of phenolic OH excluding ortho intramolecular Hbond substituents is 16. The van der Waals surface area contributed by atoms with Crippen molar-refractivity contribution in [1.29, 1.82) is 0 Å². The fourth-order valence-corrected chi connectivity index (χ4v) is 11.2. The number of piperidine rings is 2. The lowest BCUT2D eigenvalue weighted by molar-refractivity contribution is -0.517. The number of β-amino-alcohol motifs (C(OH)–C–C–N with tert-alkyl or cyclic N) is 2. The highest BCUT2D eigenvalue weighted by atomic mass is 16.8. The molecule has 0 aliphatic carbocycles. The first-order valence-corrected chi connectivity index (χ1v) is 26.2. The highest BCUT2D eigenvalue weighted by Gasteiger charge is 2.83. The number of methoxy groups -OCH3 is 1. The molecule has 6 amide bonds. The highest BCUT2D eigenvalue weighted by molar-refractivity contribution is 6.15. The number of aromatic hydroxyl groups is 16. The van der Waals surface area contributed by atoms with Crippen LogP contribution in [0.3, 0.4) is 0 Å². The van der Waals surface area contributed by atoms with E-state index in [0.717, 1.165) is 12.0 Å². The summed E-state index contributed by atoms with van der Waals surface area (Å²) in [5.74, 6) is -72.3. The van der Waals surface area contributed by atoms with Crippen LogP contribution in [0.25, 0.3) is 11.4 Å². The zero-order valence-corrected chi connectivity index (χ0v) is 47.4. The van der Waals surface area contributed by atoms with E-state index in [1.165, 1.54) is 0 Å². The SMILES string of the molecule is COc1c(O)c(O)c(-n2nc(C(N)=O)c3c2C(=O)N(c2c(O)c(O)c(N4C(=O)C(O)(O)C(O)(O)C(O)(OCOc5c(O)c(O)c(-n6nc(C(N)=O)c7c6C(=O)N(c6c(O)c(O)c(N8CCCCC8=O)c(O)c6O)CC7(O)O)c(O)c5O)C4(O)O)c(O)c2O)C(O)(O)C3)c(O)c1O. The molecule has 46 heteroatoms. The lowest BCUT2D eigenvalue weighted by atomic mass is 9.85. The minimum Gasteiger partial charge on any atom is -0.503 e. The van der Waals surface area contributed by atoms with Crippen LogP contribution in [0.2, 0.25) is 0 Å². The van der Waals surface area contributed by atoms with Gasteiger partial charge in [-0.3, -0.25) is 33.7 Å². The molecule has 2 aromatic heterocycles. The van der Waals surface area contributed by atoms with Crippen molar-refractivity contribution in [2.45, 2.75) is 60.7 Å². The fraction of sp³-hybridized carbons (Fsp3) is 0.280. The molecule has 4 aliphatic rings. The molecule has 1 atom stereocenters. The third-order valence-corrected chi connectivity index (χ3v) is 15.7. The van der Waals surface area contributed by atoms with Gasteiger partial charge in [0.2, 0.25) is 46.2 Å². The normalized spacial score (nSPS) is 19.3. The van der Waals surface area contributed by atoms with Crippen LogP contribution in [0.4, 0.5) is 22.7 Å². The van der Waals surface area contributed by atoms with Crippen molar-refractivity contribution in [2.24, 2.45) is 11.5 Å². The van der Waals surface area contributed by atoms with Crippen LogP contribution < -0.4 is 40.5 Å². The van der Waals surface area contributed by atoms with E-state index in [1.807, 2.05) is 0 Å². The molecule has 4 aromatic carbocycles. The van der Waals surface area contributed by atoms with Crippen LogP contribution in [0.1, 0.15) is 72.3 Å². The van der Waals surface area contributed by atoms with E-state index in [9.17, 15) is 167 Å². The molecule has 96 heavy (non-hydrogen) atoms. The molecular formula is C50H48N10O36. The molecule has 0 bridgehead atoms. The van der Waals surface area contributed by atoms with Crippen LogP contribution >= 0.6 is 0 Å². The number of carbonyl (C=O) groups excluding carboxylic acids is 6. The van der Waals surface area contributed by atoms with Crippen LogP contribution in [0.15, 0.2) is 0 Å². The van der Waals surface area contributed by atoms with Gasteiger partial charge in [-0.15, -0.1) is 0 Å². The molecule has 31 N–H and O–H groups in total. The Labute approximate surface area is 525 Å². The van der Waals surface area contributed by atoms with Crippen molar-refractivity contribution in [3.63, 3.8) is 0 Å². The number of aromatic nitrogens is 4. The number of anilines is 4. The van der Waals surface area contributed by atoms with Crippen LogP contribution in [0, 0.1) is 0 Å². The molecular weight excluding hydrogens is 1320 g/mol. The van der Waals surface area contributed by atoms with Crippen LogP contribution in [-0.2, 0) is 26.5 Å². The fourth-order valence-electron chi connectivity index (χ4n) is 11.2. The molecule has 0 radical (unpaired) electrons. The minimum atomic E-state index is -5.40. The summed E-state index contributed by atoms with van der Waals surface area (Å²) in [5.41, 5.74) is -6.45. The molecule has 0 spiro atoms. The second kappa shape index (κ2) is 21.3. The first-order chi connectivity index (χ1) is 44.3. The third-order valence-electron chi connectivity index (χ3n) is 15.7. The standard InChI is InChI=1S/C50H48N10O36/c1-94-38-34(74)30(70)20(31(71)35(38)75)59-14-9(12(53-59)40(51)78)6-46(85,86)57(43(14)81)18-26(66)28(68)19(29(69)27(18)67)58-44(82)47(87,88)48(89,90)49(91,50(58,92)93)96-8-95-39-36(76)32(72)21(33(73)37(39)77)60-15-11(13(54-60)41(52)79)45(83,84)7-56(42(15)80)17-24(64)22(62)16(23(63)25(17)65)55-5-3-2-4-10(55)61/h62-77,83-93H,2-8H2,1H3,(H2,51,78)(H2,52,79). The number of hydrogen-bond donors (Lipinski definition) is 29. The molecule has 10 rings (SSSR count). The number of rotatable bonds is 13. The average molecular weight is 1360 g/mol. The molecule has 6 aromatic rings. The first kappa shape index (κ1) is 66.9. The maximum absolute atomic E-state index is 14.5. The predicted octanol–water partition coefficient (Wildman–Crippen LogP) is -8.20. The summed E-state index contributed by atoms with van der Waals surface area (Å²) >= 11 is 0. The van der Waals surface area contributed by atoms with Crippen molar-refractivity contribution in [1.82, 2.24) is 19.6 Å². The quantitative estimate of drug-likeness (QED) is 0.0290. The summed E-state index contributed by atoms with van der Waals surface area (Å²) < 4.78 is 14.0. The van der Waals surface area contributed by atoms with E-state index in [1.54, 1.807) is 0 Å². The van der Waals surface area contributed by atoms with Crippen molar-refractivity contribution < 1.29 is 181 Å². The number of benzene rings is 4. The number of carbonyl (C=O) groups is 6. The third kappa shape index (κ3) is 8.69. The Morgan fingerprint density at radius 3 is 1.38 bits per heavy atom. The summed E-state index contributed by atoms with van der Waals surface area (Å²) in [6.45, 7) is -4.16. The Morgan fingerprint density at radius 1 is 0.500 bits per heavy atom. The van der Waals surface area contributed by atoms with E-state index >= 15 is 0 Å². The van der Waals surface area contributed by atoms with Gasteiger partial charge < -0.3 is 168 Å². The number of amides is 6. The summed E-state index contributed by atoms with van der Waals surface area (Å²) in [4.78, 5) is 79.7. The Hall–Kier alpha value is -12.0. The highest BCUT2D eigenvalue weighted by Crippen LogP contribution is 2.63. The van der Waals surface area contributed by atoms with Crippen molar-refractivity contribution in [3.05, 3.63) is 33.9 Å². The maximum atomic E-state index is 14.5. The van der Waals surface area contributed by atoms with E-state index < -0.39 is 271 Å². The summed E-state index contributed by atoms with van der Waals surface area (Å²) in [5, 5.41) is 310. The van der Waals surface area contributed by atoms with E-state index in [2.05, 4.69) is 14.9 Å². The number of ether oxygens (including phenoxy) is 3. The van der Waals surface area contributed by atoms with E-state index in [-0.39, 0.29) is 33.6 Å². The van der Waals surface area contributed by atoms with Gasteiger partial charge in [0.05, 0.1) is 25.6 Å². The maximum Gasteiger partial charge on any atom is 0.317 e. The molecule has 0 saturated carbocycles. The Kier molecular flexibility index (Phi) is 14.8. The topological polar surface area (TPSA) is 777 Å². The average Bonchev–Trinajstić information content (AvgIpc) is 0.788. The second-order valence-corrected chi connectivity index (χ2v) is 21.3. The van der Waals surface area contributed by atoms with Crippen LogP contribution in [-0.4, -0.2) is 249 Å². The van der Waals surface area contributed by atoms with Gasteiger partial charge in [0.15, 0.2) is 98.5 Å². The number of aliphatic hydroxyl groups is 11. The number of hydrogen-bond acceptors (Lipinski definition) is 38. The molecule has 1 unspecified atom stereocenters. The smallest absolute Gasteiger partial charge is 0.317 e. The van der Waals surface area contributed by atoms with Crippen LogP contribution in [0.5, 0.6) is 103 Å². The summed E-state index contributed by atoms with van der Waals surface area (Å²) in [6, 6.07) is 0. The van der Waals surface area contributed by atoms with Gasteiger partial charge >= 0.3 is 17.5 Å². The lowest BCUT2D eigenvalue weighted by Crippen LogP contribution is -2.89. The predicted molar refractivity (Wildman–Crippen MR) is 292 cm³/mol. The Morgan fingerprint density at radius 2 is 0.917 bits per heavy atom. The van der Waals surface area contributed by atoms with Gasteiger partial charge in [-0.1, -0.05) is 0 Å².